The summed E-state index contributed by atoms with van der Waals surface area (Å²) in [6.45, 7) is 0. The van der Waals surface area contributed by atoms with E-state index >= 15 is 0 Å². The van der Waals surface area contributed by atoms with E-state index in [9.17, 15) is 4.39 Å². The van der Waals surface area contributed by atoms with Crippen molar-refractivity contribution in [2.24, 2.45) is 0 Å². The average Bonchev–Trinajstić information content (AvgIpc) is 2.87. The molecule has 0 aromatic heterocycles. The van der Waals surface area contributed by atoms with Crippen molar-refractivity contribution in [1.29, 1.82) is 0 Å². The molecule has 3 atom stereocenters. The molecule has 114 valence electrons. The zero-order valence-corrected chi connectivity index (χ0v) is 12.5. The third kappa shape index (κ3) is 2.86. The second-order valence-electron chi connectivity index (χ2n) is 6.38. The van der Waals surface area contributed by atoms with Gasteiger partial charge in [0.25, 0.3) is 0 Å². The minimum atomic E-state index is -0.207. The minimum Gasteiger partial charge on any atom is -0.490 e. The van der Waals surface area contributed by atoms with Crippen molar-refractivity contribution in [2.75, 3.05) is 0 Å². The average molecular weight is 297 g/mol. The predicted octanol–water partition coefficient (Wildman–Crippen LogP) is 4.15. The molecular weight excluding hydrogens is 277 g/mol. The lowest BCUT2D eigenvalue weighted by Gasteiger charge is -2.29. The summed E-state index contributed by atoms with van der Waals surface area (Å²) in [6, 6.07) is 16.0. The topological polar surface area (TPSA) is 21.3 Å². The van der Waals surface area contributed by atoms with Crippen LogP contribution in [0, 0.1) is 5.82 Å². The van der Waals surface area contributed by atoms with Crippen LogP contribution in [0.25, 0.3) is 11.1 Å². The van der Waals surface area contributed by atoms with Crippen LogP contribution in [0.4, 0.5) is 4.39 Å². The smallest absolute Gasteiger partial charge is 0.123 e. The van der Waals surface area contributed by atoms with E-state index in [1.165, 1.54) is 25.0 Å². The van der Waals surface area contributed by atoms with Crippen molar-refractivity contribution in [2.45, 2.75) is 43.9 Å². The molecule has 2 bridgehead atoms. The molecule has 0 saturated carbocycles. The first-order valence-corrected chi connectivity index (χ1v) is 8.05. The number of ether oxygens (including phenoxy) is 1. The van der Waals surface area contributed by atoms with Gasteiger partial charge in [-0.3, -0.25) is 0 Å². The lowest BCUT2D eigenvalue weighted by molar-refractivity contribution is 0.137. The molecule has 2 aromatic carbocycles. The number of fused-ring (bicyclic) bond motifs is 2. The molecule has 0 amide bonds. The Labute approximate surface area is 130 Å². The van der Waals surface area contributed by atoms with Crippen molar-refractivity contribution in [3.8, 4) is 16.9 Å². The number of hydrogen-bond donors (Lipinski definition) is 1. The maximum absolute atomic E-state index is 13.0. The highest BCUT2D eigenvalue weighted by Gasteiger charge is 2.34. The number of benzene rings is 2. The van der Waals surface area contributed by atoms with Crippen LogP contribution in [0.2, 0.25) is 0 Å². The van der Waals surface area contributed by atoms with Crippen molar-refractivity contribution < 1.29 is 9.13 Å². The highest BCUT2D eigenvalue weighted by Crippen LogP contribution is 2.31. The van der Waals surface area contributed by atoms with Gasteiger partial charge in [0.15, 0.2) is 0 Å². The van der Waals surface area contributed by atoms with E-state index in [0.717, 1.165) is 29.7 Å². The maximum Gasteiger partial charge on any atom is 0.123 e. The molecule has 4 rings (SSSR count). The number of nitrogens with one attached hydrogen (secondary N) is 1. The summed E-state index contributed by atoms with van der Waals surface area (Å²) in [4.78, 5) is 0. The molecule has 22 heavy (non-hydrogen) atoms. The molecule has 2 aromatic rings. The normalized spacial score (nSPS) is 26.9. The molecule has 2 aliphatic rings. The quantitative estimate of drug-likeness (QED) is 0.918. The van der Waals surface area contributed by atoms with Crippen molar-refractivity contribution >= 4 is 0 Å². The van der Waals surface area contributed by atoms with Crippen LogP contribution in [0.15, 0.2) is 48.5 Å². The summed E-state index contributed by atoms with van der Waals surface area (Å²) in [7, 11) is 0. The summed E-state index contributed by atoms with van der Waals surface area (Å²) in [5, 5.41) is 3.63. The Balaban J connectivity index is 1.51. The van der Waals surface area contributed by atoms with Gasteiger partial charge in [-0.2, -0.15) is 0 Å². The first-order chi connectivity index (χ1) is 10.8. The molecule has 3 heteroatoms. The molecule has 0 spiro atoms. The van der Waals surface area contributed by atoms with E-state index in [1.54, 1.807) is 12.1 Å². The SMILES string of the molecule is Fc1ccc(-c2cccc(OC3C[C@H]4CC[C@@H](C3)N4)c2)cc1. The van der Waals surface area contributed by atoms with E-state index in [2.05, 4.69) is 11.4 Å². The third-order valence-electron chi connectivity index (χ3n) is 4.74. The van der Waals surface area contributed by atoms with Gasteiger partial charge in [-0.15, -0.1) is 0 Å². The molecular formula is C19H20FNO. The fourth-order valence-corrected chi connectivity index (χ4v) is 3.69. The summed E-state index contributed by atoms with van der Waals surface area (Å²) >= 11 is 0. The van der Waals surface area contributed by atoms with Gasteiger partial charge in [-0.1, -0.05) is 24.3 Å². The van der Waals surface area contributed by atoms with Gasteiger partial charge in [0.05, 0.1) is 0 Å². The Kier molecular flexibility index (Phi) is 3.59. The predicted molar refractivity (Wildman–Crippen MR) is 85.4 cm³/mol. The van der Waals surface area contributed by atoms with Crippen molar-refractivity contribution in [3.05, 3.63) is 54.3 Å². The molecule has 2 saturated heterocycles. The molecule has 2 fully saturated rings. The van der Waals surface area contributed by atoms with Crippen LogP contribution in [0.3, 0.4) is 0 Å². The lowest BCUT2D eigenvalue weighted by Crippen LogP contribution is -2.42. The highest BCUT2D eigenvalue weighted by molar-refractivity contribution is 5.64. The first kappa shape index (κ1) is 13.8. The summed E-state index contributed by atoms with van der Waals surface area (Å²) in [5.41, 5.74) is 2.08. The fraction of sp³-hybridized carbons (Fsp3) is 0.368. The van der Waals surface area contributed by atoms with Gasteiger partial charge in [-0.25, -0.2) is 4.39 Å². The van der Waals surface area contributed by atoms with Crippen LogP contribution in [0.1, 0.15) is 25.7 Å². The van der Waals surface area contributed by atoms with E-state index in [0.29, 0.717) is 18.2 Å². The fourth-order valence-electron chi connectivity index (χ4n) is 3.69. The monoisotopic (exact) mass is 297 g/mol. The van der Waals surface area contributed by atoms with E-state index < -0.39 is 0 Å². The zero-order valence-electron chi connectivity index (χ0n) is 12.5. The second-order valence-corrected chi connectivity index (χ2v) is 6.38. The summed E-state index contributed by atoms with van der Waals surface area (Å²) < 4.78 is 19.2. The number of piperidine rings is 1. The van der Waals surface area contributed by atoms with Crippen LogP contribution in [-0.2, 0) is 0 Å². The lowest BCUT2D eigenvalue weighted by atomic mass is 10.0. The molecule has 1 unspecified atom stereocenters. The van der Waals surface area contributed by atoms with Gasteiger partial charge >= 0.3 is 0 Å². The van der Waals surface area contributed by atoms with Gasteiger partial charge in [0, 0.05) is 12.1 Å². The molecule has 0 aliphatic carbocycles. The van der Waals surface area contributed by atoms with E-state index in [-0.39, 0.29) is 5.82 Å². The Morgan fingerprint density at radius 1 is 0.909 bits per heavy atom. The minimum absolute atomic E-state index is 0.207. The van der Waals surface area contributed by atoms with Crippen molar-refractivity contribution in [1.82, 2.24) is 5.32 Å². The standard InChI is InChI=1S/C19H20FNO/c20-15-6-4-13(5-7-15)14-2-1-3-18(10-14)22-19-11-16-8-9-17(12-19)21-16/h1-7,10,16-17,19,21H,8-9,11-12H2/t16-,17+,19?. The van der Waals surface area contributed by atoms with Gasteiger partial charge in [-0.05, 0) is 61.1 Å². The zero-order chi connectivity index (χ0) is 14.9. The molecule has 1 N–H and O–H groups in total. The highest BCUT2D eigenvalue weighted by atomic mass is 19.1. The summed E-state index contributed by atoms with van der Waals surface area (Å²) in [5.74, 6) is 0.703. The molecule has 2 heterocycles. The van der Waals surface area contributed by atoms with Crippen LogP contribution >= 0.6 is 0 Å². The third-order valence-corrected chi connectivity index (χ3v) is 4.74. The first-order valence-electron chi connectivity index (χ1n) is 8.05. The number of rotatable bonds is 3. The largest absolute Gasteiger partial charge is 0.490 e. The van der Waals surface area contributed by atoms with Gasteiger partial charge < -0.3 is 10.1 Å². The molecule has 2 nitrogen and oxygen atoms in total. The van der Waals surface area contributed by atoms with Gasteiger partial charge in [0.1, 0.15) is 17.7 Å². The Morgan fingerprint density at radius 2 is 1.64 bits per heavy atom. The molecule has 0 radical (unpaired) electrons. The Bertz CT molecular complexity index is 643. The Morgan fingerprint density at radius 3 is 2.36 bits per heavy atom. The van der Waals surface area contributed by atoms with E-state index in [4.69, 9.17) is 4.74 Å². The van der Waals surface area contributed by atoms with Crippen LogP contribution in [0.5, 0.6) is 5.75 Å². The van der Waals surface area contributed by atoms with Crippen molar-refractivity contribution in [3.63, 3.8) is 0 Å². The Hall–Kier alpha value is -1.87. The molecule has 2 aliphatic heterocycles. The van der Waals surface area contributed by atoms with Crippen LogP contribution < -0.4 is 10.1 Å². The maximum atomic E-state index is 13.0. The van der Waals surface area contributed by atoms with E-state index in [1.807, 2.05) is 18.2 Å². The number of hydrogen-bond acceptors (Lipinski definition) is 2. The summed E-state index contributed by atoms with van der Waals surface area (Å²) in [6.07, 6.45) is 5.05. The van der Waals surface area contributed by atoms with Gasteiger partial charge in [0.2, 0.25) is 0 Å². The number of halogens is 1. The second kappa shape index (κ2) is 5.73. The van der Waals surface area contributed by atoms with Crippen LogP contribution in [-0.4, -0.2) is 18.2 Å².